The van der Waals surface area contributed by atoms with Crippen molar-refractivity contribution < 1.29 is 4.74 Å². The summed E-state index contributed by atoms with van der Waals surface area (Å²) in [4.78, 5) is 4.28. The van der Waals surface area contributed by atoms with Gasteiger partial charge in [0, 0.05) is 20.1 Å². The second kappa shape index (κ2) is 12.3. The Morgan fingerprint density at radius 1 is 1.00 bits per heavy atom. The molecule has 2 aromatic rings. The van der Waals surface area contributed by atoms with Crippen LogP contribution in [0.5, 0.6) is 5.75 Å². The van der Waals surface area contributed by atoms with Crippen molar-refractivity contribution in [1.82, 2.24) is 10.6 Å². The number of aliphatic imine (C=N–C) groups is 1. The third-order valence-electron chi connectivity index (χ3n) is 3.89. The van der Waals surface area contributed by atoms with Gasteiger partial charge in [-0.3, -0.25) is 4.99 Å². The van der Waals surface area contributed by atoms with Crippen LogP contribution in [-0.2, 0) is 13.2 Å². The van der Waals surface area contributed by atoms with Crippen molar-refractivity contribution >= 4 is 17.7 Å². The van der Waals surface area contributed by atoms with Gasteiger partial charge in [0.15, 0.2) is 5.96 Å². The van der Waals surface area contributed by atoms with E-state index in [4.69, 9.17) is 4.74 Å². The maximum Gasteiger partial charge on any atom is 0.191 e. The number of hydrogen-bond donors (Lipinski definition) is 2. The monoisotopic (exact) mass is 371 g/mol. The highest BCUT2D eigenvalue weighted by Gasteiger charge is 2.01. The number of benzene rings is 2. The number of hydrogen-bond acceptors (Lipinski definition) is 3. The standard InChI is InChI=1S/C21H29N3OS/c1-22-21(23-13-6-7-14-26-2)24-16-18-9-8-10-19(15-18)17-25-20-11-4-3-5-12-20/h3-5,8-12,15H,6-7,13-14,16-17H2,1-2H3,(H2,22,23,24). The van der Waals surface area contributed by atoms with E-state index < -0.39 is 0 Å². The van der Waals surface area contributed by atoms with Crippen LogP contribution in [0.15, 0.2) is 59.6 Å². The number of para-hydroxylation sites is 1. The van der Waals surface area contributed by atoms with Crippen LogP contribution in [0, 0.1) is 0 Å². The van der Waals surface area contributed by atoms with Crippen molar-refractivity contribution in [2.45, 2.75) is 26.0 Å². The molecule has 0 unspecified atom stereocenters. The minimum Gasteiger partial charge on any atom is -0.489 e. The van der Waals surface area contributed by atoms with Gasteiger partial charge in [-0.25, -0.2) is 0 Å². The first-order chi connectivity index (χ1) is 12.8. The summed E-state index contributed by atoms with van der Waals surface area (Å²) in [6.45, 7) is 2.26. The predicted octanol–water partition coefficient (Wildman–Crippen LogP) is 4.07. The van der Waals surface area contributed by atoms with Crippen LogP contribution >= 0.6 is 11.8 Å². The van der Waals surface area contributed by atoms with Gasteiger partial charge in [0.25, 0.3) is 0 Å². The van der Waals surface area contributed by atoms with E-state index in [1.54, 1.807) is 7.05 Å². The van der Waals surface area contributed by atoms with Crippen LogP contribution in [0.3, 0.4) is 0 Å². The Kier molecular flexibility index (Phi) is 9.51. The highest BCUT2D eigenvalue weighted by molar-refractivity contribution is 7.98. The van der Waals surface area contributed by atoms with Crippen molar-refractivity contribution in [2.24, 2.45) is 4.99 Å². The smallest absolute Gasteiger partial charge is 0.191 e. The van der Waals surface area contributed by atoms with E-state index in [2.05, 4.69) is 46.1 Å². The molecule has 0 aliphatic heterocycles. The zero-order valence-corrected chi connectivity index (χ0v) is 16.5. The zero-order chi connectivity index (χ0) is 18.5. The Labute approximate surface area is 161 Å². The summed E-state index contributed by atoms with van der Waals surface area (Å²) in [6, 6.07) is 18.3. The molecule has 0 heterocycles. The summed E-state index contributed by atoms with van der Waals surface area (Å²) in [6.07, 6.45) is 4.54. The molecule has 2 rings (SSSR count). The molecule has 0 bridgehead atoms. The Morgan fingerprint density at radius 2 is 1.81 bits per heavy atom. The SMILES string of the molecule is CN=C(NCCCCSC)NCc1cccc(COc2ccccc2)c1. The summed E-state index contributed by atoms with van der Waals surface area (Å²) in [5, 5.41) is 6.74. The van der Waals surface area contributed by atoms with E-state index in [1.165, 1.54) is 17.7 Å². The molecule has 4 nitrogen and oxygen atoms in total. The lowest BCUT2D eigenvalue weighted by Gasteiger charge is -2.13. The average molecular weight is 372 g/mol. The Morgan fingerprint density at radius 3 is 2.58 bits per heavy atom. The number of rotatable bonds is 10. The van der Waals surface area contributed by atoms with Crippen LogP contribution in [0.2, 0.25) is 0 Å². The molecule has 0 fully saturated rings. The lowest BCUT2D eigenvalue weighted by molar-refractivity contribution is 0.306. The highest BCUT2D eigenvalue weighted by atomic mass is 32.2. The van der Waals surface area contributed by atoms with Gasteiger partial charge in [0.2, 0.25) is 0 Å². The van der Waals surface area contributed by atoms with E-state index in [1.807, 2.05) is 42.1 Å². The summed E-state index contributed by atoms with van der Waals surface area (Å²) >= 11 is 1.89. The fourth-order valence-corrected chi connectivity index (χ4v) is 2.99. The molecule has 140 valence electrons. The average Bonchev–Trinajstić information content (AvgIpc) is 2.69. The van der Waals surface area contributed by atoms with Gasteiger partial charge in [-0.2, -0.15) is 11.8 Å². The van der Waals surface area contributed by atoms with E-state index in [0.29, 0.717) is 6.61 Å². The maximum absolute atomic E-state index is 5.82. The lowest BCUT2D eigenvalue weighted by atomic mass is 10.1. The summed E-state index contributed by atoms with van der Waals surface area (Å²) < 4.78 is 5.82. The first-order valence-electron chi connectivity index (χ1n) is 9.01. The largest absolute Gasteiger partial charge is 0.489 e. The molecule has 0 aliphatic carbocycles. The molecule has 0 aliphatic rings. The Balaban J connectivity index is 1.76. The molecule has 2 aromatic carbocycles. The minimum absolute atomic E-state index is 0.570. The van der Waals surface area contributed by atoms with Gasteiger partial charge in [0.1, 0.15) is 12.4 Å². The van der Waals surface area contributed by atoms with Gasteiger partial charge in [0.05, 0.1) is 0 Å². The van der Waals surface area contributed by atoms with E-state index >= 15 is 0 Å². The third-order valence-corrected chi connectivity index (χ3v) is 4.59. The van der Waals surface area contributed by atoms with Crippen molar-refractivity contribution in [1.29, 1.82) is 0 Å². The molecular formula is C21H29N3OS. The summed E-state index contributed by atoms with van der Waals surface area (Å²) in [5.41, 5.74) is 2.37. The van der Waals surface area contributed by atoms with Crippen LogP contribution in [0.4, 0.5) is 0 Å². The van der Waals surface area contributed by atoms with Gasteiger partial charge in [-0.1, -0.05) is 42.5 Å². The second-order valence-electron chi connectivity index (χ2n) is 5.97. The first kappa shape index (κ1) is 20.2. The highest BCUT2D eigenvalue weighted by Crippen LogP contribution is 2.12. The van der Waals surface area contributed by atoms with E-state index in [9.17, 15) is 0 Å². The molecule has 0 saturated carbocycles. The fourth-order valence-electron chi connectivity index (χ4n) is 2.50. The molecule has 0 radical (unpaired) electrons. The zero-order valence-electron chi connectivity index (χ0n) is 15.7. The van der Waals surface area contributed by atoms with Gasteiger partial charge < -0.3 is 15.4 Å². The molecule has 0 atom stereocenters. The molecule has 0 spiro atoms. The summed E-state index contributed by atoms with van der Waals surface area (Å²) in [7, 11) is 1.81. The van der Waals surface area contributed by atoms with E-state index in [0.717, 1.165) is 36.8 Å². The Hall–Kier alpha value is -2.14. The lowest BCUT2D eigenvalue weighted by Crippen LogP contribution is -2.37. The van der Waals surface area contributed by atoms with E-state index in [-0.39, 0.29) is 0 Å². The van der Waals surface area contributed by atoms with Crippen molar-refractivity contribution in [3.8, 4) is 5.75 Å². The number of ether oxygens (including phenoxy) is 1. The maximum atomic E-state index is 5.82. The molecule has 5 heteroatoms. The number of nitrogens with one attached hydrogen (secondary N) is 2. The molecule has 26 heavy (non-hydrogen) atoms. The third kappa shape index (κ3) is 7.83. The van der Waals surface area contributed by atoms with Crippen LogP contribution < -0.4 is 15.4 Å². The molecular weight excluding hydrogens is 342 g/mol. The topological polar surface area (TPSA) is 45.7 Å². The fraction of sp³-hybridized carbons (Fsp3) is 0.381. The summed E-state index contributed by atoms with van der Waals surface area (Å²) in [5.74, 6) is 2.95. The van der Waals surface area contributed by atoms with Crippen LogP contribution in [0.1, 0.15) is 24.0 Å². The molecule has 0 saturated heterocycles. The molecule has 0 aromatic heterocycles. The number of nitrogens with zero attached hydrogens (tertiary/aromatic N) is 1. The molecule has 2 N–H and O–H groups in total. The number of thioether (sulfide) groups is 1. The Bertz CT molecular complexity index is 661. The number of guanidine groups is 1. The van der Waals surface area contributed by atoms with Gasteiger partial charge in [-0.05, 0) is 48.1 Å². The molecule has 0 amide bonds. The quantitative estimate of drug-likeness (QED) is 0.375. The van der Waals surface area contributed by atoms with Crippen LogP contribution in [0.25, 0.3) is 0 Å². The van der Waals surface area contributed by atoms with Crippen molar-refractivity contribution in [3.63, 3.8) is 0 Å². The second-order valence-corrected chi connectivity index (χ2v) is 6.96. The van der Waals surface area contributed by atoms with Crippen molar-refractivity contribution in [2.75, 3.05) is 25.6 Å². The van der Waals surface area contributed by atoms with Gasteiger partial charge >= 0.3 is 0 Å². The van der Waals surface area contributed by atoms with Crippen molar-refractivity contribution in [3.05, 3.63) is 65.7 Å². The normalized spacial score (nSPS) is 11.2. The van der Waals surface area contributed by atoms with Crippen LogP contribution in [-0.4, -0.2) is 31.6 Å². The first-order valence-corrected chi connectivity index (χ1v) is 10.4. The predicted molar refractivity (Wildman–Crippen MR) is 113 cm³/mol. The minimum atomic E-state index is 0.570. The van der Waals surface area contributed by atoms with Gasteiger partial charge in [-0.15, -0.1) is 0 Å². The number of unbranched alkanes of at least 4 members (excludes halogenated alkanes) is 1.